The number of urea groups is 1. The van der Waals surface area contributed by atoms with Crippen LogP contribution in [0.4, 0.5) is 35.2 Å². The minimum atomic E-state index is -4.61. The predicted octanol–water partition coefficient (Wildman–Crippen LogP) is 5.24. The van der Waals surface area contributed by atoms with Gasteiger partial charge in [0.15, 0.2) is 0 Å². The number of primary amides is 1. The summed E-state index contributed by atoms with van der Waals surface area (Å²) in [5.41, 5.74) is 19.3. The number of piperidine rings is 1. The molecule has 5 aromatic rings. The number of nitrogen functional groups attached to an aromatic ring is 1. The zero-order valence-electron chi connectivity index (χ0n) is 23.7. The SMILES string of the molecule is Cc1nc(-c2ccc(N(C(N)=O)c3cccc(C(F)(F)F)c3)c3ccccc23)c2c(N)ncc(C(=O)N3CCC(N)CC3)n12. The van der Waals surface area contributed by atoms with E-state index in [0.29, 0.717) is 65.0 Å². The van der Waals surface area contributed by atoms with E-state index in [1.165, 1.54) is 18.3 Å². The fourth-order valence-corrected chi connectivity index (χ4v) is 5.81. The van der Waals surface area contributed by atoms with E-state index < -0.39 is 17.8 Å². The molecule has 226 valence electrons. The van der Waals surface area contributed by atoms with Gasteiger partial charge in [-0.2, -0.15) is 13.2 Å². The van der Waals surface area contributed by atoms with E-state index in [9.17, 15) is 22.8 Å². The number of nitrogens with two attached hydrogens (primary N) is 3. The van der Waals surface area contributed by atoms with E-state index in [1.54, 1.807) is 52.6 Å². The molecule has 3 aromatic carbocycles. The smallest absolute Gasteiger partial charge is 0.382 e. The number of amides is 3. The summed E-state index contributed by atoms with van der Waals surface area (Å²) in [5.74, 6) is 0.464. The maximum absolute atomic E-state index is 13.6. The fourth-order valence-electron chi connectivity index (χ4n) is 5.81. The molecule has 0 bridgehead atoms. The number of alkyl halides is 3. The van der Waals surface area contributed by atoms with Gasteiger partial charge in [-0.25, -0.2) is 14.8 Å². The topological polar surface area (TPSA) is 149 Å². The number of anilines is 3. The molecule has 0 aliphatic carbocycles. The summed E-state index contributed by atoms with van der Waals surface area (Å²) in [5, 5.41) is 1.16. The van der Waals surface area contributed by atoms with Crippen molar-refractivity contribution in [1.82, 2.24) is 19.3 Å². The highest BCUT2D eigenvalue weighted by molar-refractivity contribution is 6.12. The first-order valence-corrected chi connectivity index (χ1v) is 13.9. The minimum Gasteiger partial charge on any atom is -0.382 e. The number of benzene rings is 3. The maximum Gasteiger partial charge on any atom is 0.416 e. The predicted molar refractivity (Wildman–Crippen MR) is 161 cm³/mol. The van der Waals surface area contributed by atoms with Crippen LogP contribution in [0.1, 0.15) is 34.7 Å². The number of hydrogen-bond acceptors (Lipinski definition) is 6. The van der Waals surface area contributed by atoms with Crippen molar-refractivity contribution in [2.24, 2.45) is 11.5 Å². The Labute approximate surface area is 249 Å². The van der Waals surface area contributed by atoms with Gasteiger partial charge in [-0.15, -0.1) is 0 Å². The second kappa shape index (κ2) is 10.8. The number of rotatable bonds is 4. The highest BCUT2D eigenvalue weighted by atomic mass is 19.4. The van der Waals surface area contributed by atoms with Crippen LogP contribution < -0.4 is 22.1 Å². The third-order valence-electron chi connectivity index (χ3n) is 7.95. The van der Waals surface area contributed by atoms with Crippen LogP contribution in [-0.4, -0.2) is 50.3 Å². The summed E-state index contributed by atoms with van der Waals surface area (Å²) in [6, 6.07) is 13.9. The molecule has 0 unspecified atom stereocenters. The first kappa shape index (κ1) is 28.9. The molecule has 1 aliphatic rings. The van der Waals surface area contributed by atoms with Gasteiger partial charge in [-0.1, -0.05) is 30.3 Å². The van der Waals surface area contributed by atoms with Gasteiger partial charge in [0, 0.05) is 30.1 Å². The van der Waals surface area contributed by atoms with Gasteiger partial charge < -0.3 is 22.1 Å². The lowest BCUT2D eigenvalue weighted by Crippen LogP contribution is -2.43. The summed E-state index contributed by atoms with van der Waals surface area (Å²) >= 11 is 0. The Balaban J connectivity index is 1.51. The van der Waals surface area contributed by atoms with Crippen molar-refractivity contribution in [3.8, 4) is 11.3 Å². The number of carbonyl (C=O) groups excluding carboxylic acids is 2. The molecule has 13 heteroatoms. The Morgan fingerprint density at radius 3 is 2.39 bits per heavy atom. The first-order valence-electron chi connectivity index (χ1n) is 13.9. The molecular formula is C31H29F3N8O2. The molecular weight excluding hydrogens is 573 g/mol. The van der Waals surface area contributed by atoms with E-state index in [2.05, 4.69) is 4.98 Å². The van der Waals surface area contributed by atoms with Crippen molar-refractivity contribution in [1.29, 1.82) is 0 Å². The Morgan fingerprint density at radius 1 is 1.00 bits per heavy atom. The summed E-state index contributed by atoms with van der Waals surface area (Å²) in [4.78, 5) is 38.2. The Kier molecular flexibility index (Phi) is 7.12. The van der Waals surface area contributed by atoms with Crippen LogP contribution in [0.15, 0.2) is 66.9 Å². The number of aromatic nitrogens is 3. The summed E-state index contributed by atoms with van der Waals surface area (Å²) in [7, 11) is 0. The zero-order chi connectivity index (χ0) is 31.3. The third-order valence-corrected chi connectivity index (χ3v) is 7.95. The molecule has 2 aromatic heterocycles. The second-order valence-corrected chi connectivity index (χ2v) is 10.7. The highest BCUT2D eigenvalue weighted by Gasteiger charge is 2.32. The van der Waals surface area contributed by atoms with Crippen LogP contribution in [0.5, 0.6) is 0 Å². The number of carbonyl (C=O) groups is 2. The monoisotopic (exact) mass is 602 g/mol. The molecule has 6 rings (SSSR count). The van der Waals surface area contributed by atoms with Gasteiger partial charge in [-0.05, 0) is 55.5 Å². The first-order chi connectivity index (χ1) is 21.0. The van der Waals surface area contributed by atoms with Crippen LogP contribution >= 0.6 is 0 Å². The Morgan fingerprint density at radius 2 is 1.70 bits per heavy atom. The molecule has 0 saturated carbocycles. The van der Waals surface area contributed by atoms with Gasteiger partial charge >= 0.3 is 12.2 Å². The minimum absolute atomic E-state index is 0.0382. The van der Waals surface area contributed by atoms with Gasteiger partial charge in [-0.3, -0.25) is 14.1 Å². The Bertz CT molecular complexity index is 1930. The third kappa shape index (κ3) is 4.94. The van der Waals surface area contributed by atoms with Crippen LogP contribution in [-0.2, 0) is 6.18 Å². The van der Waals surface area contributed by atoms with E-state index in [-0.39, 0.29) is 29.1 Å². The molecule has 0 radical (unpaired) electrons. The molecule has 0 spiro atoms. The van der Waals surface area contributed by atoms with Crippen molar-refractivity contribution in [3.63, 3.8) is 0 Å². The van der Waals surface area contributed by atoms with E-state index >= 15 is 0 Å². The molecule has 1 saturated heterocycles. The van der Waals surface area contributed by atoms with Gasteiger partial charge in [0.25, 0.3) is 5.91 Å². The molecule has 0 atom stereocenters. The highest BCUT2D eigenvalue weighted by Crippen LogP contribution is 2.41. The molecule has 1 fully saturated rings. The molecule has 1 aliphatic heterocycles. The number of nitrogens with zero attached hydrogens (tertiary/aromatic N) is 5. The van der Waals surface area contributed by atoms with Gasteiger partial charge in [0.1, 0.15) is 28.5 Å². The maximum atomic E-state index is 13.6. The average Bonchev–Trinajstić information content (AvgIpc) is 3.35. The number of halogens is 3. The van der Waals surface area contributed by atoms with Crippen molar-refractivity contribution >= 4 is 45.4 Å². The molecule has 10 nitrogen and oxygen atoms in total. The van der Waals surface area contributed by atoms with Crippen LogP contribution in [0.2, 0.25) is 0 Å². The molecule has 3 heterocycles. The van der Waals surface area contributed by atoms with E-state index in [1.807, 2.05) is 0 Å². The number of hydrogen-bond donors (Lipinski definition) is 3. The van der Waals surface area contributed by atoms with Crippen LogP contribution in [0.25, 0.3) is 27.5 Å². The van der Waals surface area contributed by atoms with E-state index in [0.717, 1.165) is 17.0 Å². The molecule has 3 amide bonds. The van der Waals surface area contributed by atoms with Crippen molar-refractivity contribution in [2.45, 2.75) is 32.0 Å². The number of likely N-dealkylation sites (tertiary alicyclic amines) is 1. The summed E-state index contributed by atoms with van der Waals surface area (Å²) in [6.07, 6.45) is -1.77. The summed E-state index contributed by atoms with van der Waals surface area (Å²) in [6.45, 7) is 2.82. The standard InChI is InChI=1S/C31H29F3N8O2/c1-17-39-26(27-28(36)38-16-25(41(17)27)29(43)40-13-11-19(35)12-14-40)23-9-10-24(22-8-3-2-7-21(22)23)42(30(37)44)20-6-4-5-18(15-20)31(32,33)34/h2-10,15-16,19H,11-14,35H2,1H3,(H2,36,38)(H2,37,44). The largest absolute Gasteiger partial charge is 0.416 e. The quantitative estimate of drug-likeness (QED) is 0.256. The molecule has 6 N–H and O–H groups in total. The van der Waals surface area contributed by atoms with E-state index in [4.69, 9.17) is 22.2 Å². The van der Waals surface area contributed by atoms with Crippen molar-refractivity contribution < 1.29 is 22.8 Å². The lowest BCUT2D eigenvalue weighted by molar-refractivity contribution is -0.137. The number of fused-ring (bicyclic) bond motifs is 2. The van der Waals surface area contributed by atoms with Crippen molar-refractivity contribution in [2.75, 3.05) is 23.7 Å². The van der Waals surface area contributed by atoms with Crippen LogP contribution in [0.3, 0.4) is 0 Å². The second-order valence-electron chi connectivity index (χ2n) is 10.7. The normalized spacial score (nSPS) is 14.3. The number of imidazole rings is 1. The lowest BCUT2D eigenvalue weighted by atomic mass is 9.99. The van der Waals surface area contributed by atoms with Crippen molar-refractivity contribution in [3.05, 3.63) is 83.9 Å². The Hall–Kier alpha value is -5.17. The average molecular weight is 603 g/mol. The summed E-state index contributed by atoms with van der Waals surface area (Å²) < 4.78 is 42.2. The fraction of sp³-hybridized carbons (Fsp3) is 0.226. The lowest BCUT2D eigenvalue weighted by Gasteiger charge is -2.30. The van der Waals surface area contributed by atoms with Gasteiger partial charge in [0.2, 0.25) is 0 Å². The molecule has 44 heavy (non-hydrogen) atoms. The van der Waals surface area contributed by atoms with Crippen LogP contribution in [0, 0.1) is 6.92 Å². The number of aryl methyl sites for hydroxylation is 1. The zero-order valence-corrected chi connectivity index (χ0v) is 23.7. The van der Waals surface area contributed by atoms with Gasteiger partial charge in [0.05, 0.1) is 23.1 Å².